The molecular weight excluding hydrogens is 333 g/mol. The molecule has 0 aliphatic carbocycles. The minimum atomic E-state index is -4.59. The molecule has 2 heterocycles. The first-order valence-electron chi connectivity index (χ1n) is 6.40. The second-order valence-electron chi connectivity index (χ2n) is 4.53. The molecule has 0 fully saturated rings. The van der Waals surface area contributed by atoms with Crippen molar-refractivity contribution in [1.29, 1.82) is 0 Å². The van der Waals surface area contributed by atoms with Gasteiger partial charge in [-0.15, -0.1) is 0 Å². The molecule has 3 rings (SSSR count). The summed E-state index contributed by atoms with van der Waals surface area (Å²) in [6, 6.07) is 4.99. The van der Waals surface area contributed by atoms with Crippen molar-refractivity contribution in [2.45, 2.75) is 6.18 Å². The van der Waals surface area contributed by atoms with E-state index in [0.717, 1.165) is 5.01 Å². The van der Waals surface area contributed by atoms with Gasteiger partial charge in [-0.05, 0) is 18.2 Å². The van der Waals surface area contributed by atoms with Gasteiger partial charge in [0.1, 0.15) is 0 Å². The van der Waals surface area contributed by atoms with Crippen molar-refractivity contribution >= 4 is 28.7 Å². The molecule has 0 N–H and O–H groups in total. The van der Waals surface area contributed by atoms with Crippen LogP contribution in [0.3, 0.4) is 0 Å². The Morgan fingerprint density at radius 3 is 2.57 bits per heavy atom. The Morgan fingerprint density at radius 2 is 1.91 bits per heavy atom. The van der Waals surface area contributed by atoms with E-state index >= 15 is 0 Å². The van der Waals surface area contributed by atoms with Crippen LogP contribution in [0.2, 0.25) is 0 Å². The summed E-state index contributed by atoms with van der Waals surface area (Å²) in [7, 11) is 2.98. The van der Waals surface area contributed by atoms with Gasteiger partial charge in [-0.3, -0.25) is 4.99 Å². The molecule has 122 valence electrons. The van der Waals surface area contributed by atoms with Crippen molar-refractivity contribution in [3.8, 4) is 11.5 Å². The average Bonchev–Trinajstić information content (AvgIpc) is 2.97. The van der Waals surface area contributed by atoms with Crippen molar-refractivity contribution in [2.24, 2.45) is 14.5 Å². The molecule has 0 saturated heterocycles. The molecule has 2 aliphatic heterocycles. The quantitative estimate of drug-likeness (QED) is 0.791. The van der Waals surface area contributed by atoms with Crippen LogP contribution in [0.4, 0.5) is 13.2 Å². The number of hydrogen-bond acceptors (Lipinski definition) is 7. The van der Waals surface area contributed by atoms with Crippen LogP contribution in [0.15, 0.2) is 32.7 Å². The number of benzene rings is 1. The smallest absolute Gasteiger partial charge is 0.452 e. The molecule has 2 aliphatic rings. The van der Waals surface area contributed by atoms with Gasteiger partial charge in [0.15, 0.2) is 11.5 Å². The molecule has 0 radical (unpaired) electrons. The SMILES string of the molecule is COc1ccc(C2=NN3C(=NC2)SN=C3C(F)(F)F)cc1OC. The molecule has 0 bridgehead atoms. The standard InChI is InChI=1S/C13H11F3N4O2S/c1-21-9-4-3-7(5-10(9)22-2)8-6-17-12-20(18-8)11(19-23-12)13(14,15)16/h3-5H,6H2,1-2H3. The van der Waals surface area contributed by atoms with Crippen LogP contribution in [0, 0.1) is 0 Å². The van der Waals surface area contributed by atoms with Crippen molar-refractivity contribution < 1.29 is 22.6 Å². The summed E-state index contributed by atoms with van der Waals surface area (Å²) in [5.41, 5.74) is 0.984. The fraction of sp³-hybridized carbons (Fsp3) is 0.308. The maximum Gasteiger partial charge on any atom is 0.452 e. The van der Waals surface area contributed by atoms with E-state index in [2.05, 4.69) is 14.5 Å². The predicted octanol–water partition coefficient (Wildman–Crippen LogP) is 2.70. The van der Waals surface area contributed by atoms with Crippen LogP contribution < -0.4 is 9.47 Å². The highest BCUT2D eigenvalue weighted by molar-refractivity contribution is 8.13. The number of hydrogen-bond donors (Lipinski definition) is 0. The van der Waals surface area contributed by atoms with Crippen molar-refractivity contribution in [1.82, 2.24) is 5.01 Å². The van der Waals surface area contributed by atoms with Crippen LogP contribution in [0.25, 0.3) is 0 Å². The first kappa shape index (κ1) is 15.7. The Balaban J connectivity index is 1.95. The van der Waals surface area contributed by atoms with Gasteiger partial charge in [0.2, 0.25) is 11.0 Å². The fourth-order valence-electron chi connectivity index (χ4n) is 2.07. The van der Waals surface area contributed by atoms with Gasteiger partial charge in [0.25, 0.3) is 0 Å². The first-order valence-corrected chi connectivity index (χ1v) is 7.18. The van der Waals surface area contributed by atoms with Crippen LogP contribution in [0.5, 0.6) is 11.5 Å². The van der Waals surface area contributed by atoms with Gasteiger partial charge >= 0.3 is 6.18 Å². The highest BCUT2D eigenvalue weighted by Crippen LogP contribution is 2.33. The zero-order valence-electron chi connectivity index (χ0n) is 12.1. The highest BCUT2D eigenvalue weighted by atomic mass is 32.2. The number of ether oxygens (including phenoxy) is 2. The molecule has 0 saturated carbocycles. The number of fused-ring (bicyclic) bond motifs is 1. The summed E-state index contributed by atoms with van der Waals surface area (Å²) in [5, 5.41) is 4.88. The third-order valence-corrected chi connectivity index (χ3v) is 3.88. The molecule has 10 heteroatoms. The Hall–Kier alpha value is -2.23. The van der Waals surface area contributed by atoms with Gasteiger partial charge in [-0.2, -0.15) is 27.7 Å². The second kappa shape index (κ2) is 5.76. The van der Waals surface area contributed by atoms with Gasteiger partial charge in [0, 0.05) is 5.56 Å². The van der Waals surface area contributed by atoms with E-state index in [-0.39, 0.29) is 11.7 Å². The van der Waals surface area contributed by atoms with Crippen molar-refractivity contribution in [3.05, 3.63) is 23.8 Å². The molecule has 0 spiro atoms. The van der Waals surface area contributed by atoms with Gasteiger partial charge < -0.3 is 9.47 Å². The number of nitrogens with zero attached hydrogens (tertiary/aromatic N) is 4. The normalized spacial score (nSPS) is 17.3. The number of halogens is 3. The minimum Gasteiger partial charge on any atom is -0.493 e. The van der Waals surface area contributed by atoms with E-state index in [9.17, 15) is 13.2 Å². The molecule has 1 aromatic carbocycles. The third-order valence-electron chi connectivity index (χ3n) is 3.15. The van der Waals surface area contributed by atoms with Crippen molar-refractivity contribution in [3.63, 3.8) is 0 Å². The lowest BCUT2D eigenvalue weighted by Crippen LogP contribution is -2.40. The van der Waals surface area contributed by atoms with Gasteiger partial charge in [-0.1, -0.05) is 0 Å². The molecule has 0 amide bonds. The summed E-state index contributed by atoms with van der Waals surface area (Å²) < 4.78 is 52.5. The van der Waals surface area contributed by atoms with Crippen LogP contribution in [0.1, 0.15) is 5.56 Å². The monoisotopic (exact) mass is 344 g/mol. The number of amidine groups is 2. The second-order valence-corrected chi connectivity index (χ2v) is 5.26. The lowest BCUT2D eigenvalue weighted by Gasteiger charge is -2.21. The largest absolute Gasteiger partial charge is 0.493 e. The van der Waals surface area contributed by atoms with E-state index < -0.39 is 12.0 Å². The summed E-state index contributed by atoms with van der Waals surface area (Å²) >= 11 is 0.664. The maximum atomic E-state index is 12.9. The molecule has 23 heavy (non-hydrogen) atoms. The van der Waals surface area contributed by atoms with Gasteiger partial charge in [-0.25, -0.2) is 0 Å². The fourth-order valence-corrected chi connectivity index (χ4v) is 2.75. The van der Waals surface area contributed by atoms with E-state index in [1.165, 1.54) is 14.2 Å². The van der Waals surface area contributed by atoms with Crippen LogP contribution in [-0.4, -0.2) is 48.7 Å². The van der Waals surface area contributed by atoms with E-state index in [1.54, 1.807) is 18.2 Å². The zero-order chi connectivity index (χ0) is 16.6. The predicted molar refractivity (Wildman–Crippen MR) is 81.3 cm³/mol. The van der Waals surface area contributed by atoms with Crippen LogP contribution in [-0.2, 0) is 0 Å². The third kappa shape index (κ3) is 2.85. The Kier molecular flexibility index (Phi) is 3.92. The summed E-state index contributed by atoms with van der Waals surface area (Å²) in [5.74, 6) is -0.104. The molecule has 0 aromatic heterocycles. The van der Waals surface area contributed by atoms with E-state index in [1.807, 2.05) is 0 Å². The highest BCUT2D eigenvalue weighted by Gasteiger charge is 2.46. The minimum absolute atomic E-state index is 0.113. The summed E-state index contributed by atoms with van der Waals surface area (Å²) in [6.07, 6.45) is -4.59. The Bertz CT molecular complexity index is 730. The van der Waals surface area contributed by atoms with E-state index in [4.69, 9.17) is 9.47 Å². The summed E-state index contributed by atoms with van der Waals surface area (Å²) in [4.78, 5) is 4.10. The zero-order valence-corrected chi connectivity index (χ0v) is 12.9. The first-order chi connectivity index (χ1) is 10.9. The summed E-state index contributed by atoms with van der Waals surface area (Å²) in [6.45, 7) is 0.162. The van der Waals surface area contributed by atoms with E-state index in [0.29, 0.717) is 34.7 Å². The molecule has 0 atom stereocenters. The Morgan fingerprint density at radius 1 is 1.17 bits per heavy atom. The number of methoxy groups -OCH3 is 2. The molecule has 6 nitrogen and oxygen atoms in total. The van der Waals surface area contributed by atoms with Gasteiger partial charge in [0.05, 0.1) is 38.4 Å². The Labute approximate surface area is 133 Å². The number of hydrazone groups is 1. The number of alkyl halides is 3. The molecular formula is C13H11F3N4O2S. The lowest BCUT2D eigenvalue weighted by atomic mass is 10.1. The maximum absolute atomic E-state index is 12.9. The van der Waals surface area contributed by atoms with Crippen molar-refractivity contribution in [2.75, 3.05) is 20.8 Å². The topological polar surface area (TPSA) is 58.8 Å². The molecule has 0 unspecified atom stereocenters. The average molecular weight is 344 g/mol. The lowest BCUT2D eigenvalue weighted by molar-refractivity contribution is -0.0654. The number of rotatable bonds is 3. The van der Waals surface area contributed by atoms with Crippen LogP contribution >= 0.6 is 11.9 Å². The number of aliphatic imine (C=N–C) groups is 1. The molecule has 1 aromatic rings.